The van der Waals surface area contributed by atoms with E-state index in [0.29, 0.717) is 0 Å². The van der Waals surface area contributed by atoms with Gasteiger partial charge in [-0.25, -0.2) is 0 Å². The molecule has 0 heterocycles. The van der Waals surface area contributed by atoms with Gasteiger partial charge in [0.15, 0.2) is 0 Å². The van der Waals surface area contributed by atoms with Gasteiger partial charge in [-0.2, -0.15) is 10.5 Å². The van der Waals surface area contributed by atoms with Crippen LogP contribution in [-0.2, 0) is 0 Å². The van der Waals surface area contributed by atoms with E-state index in [1.807, 2.05) is 48.6 Å². The molecule has 0 aromatic heterocycles. The van der Waals surface area contributed by atoms with Crippen LogP contribution in [0.4, 0.5) is 0 Å². The molecule has 1 aromatic carbocycles. The van der Waals surface area contributed by atoms with Crippen molar-refractivity contribution >= 4 is 6.08 Å². The van der Waals surface area contributed by atoms with Crippen LogP contribution in [0.15, 0.2) is 112 Å². The minimum atomic E-state index is 1.14. The molecule has 0 atom stereocenters. The van der Waals surface area contributed by atoms with Crippen LogP contribution in [0.5, 0.6) is 0 Å². The average molecular weight is 316 g/mol. The summed E-state index contributed by atoms with van der Waals surface area (Å²) in [4.78, 5) is 0. The molecule has 0 N–H and O–H groups in total. The van der Waals surface area contributed by atoms with E-state index in [-0.39, 0.29) is 0 Å². The van der Waals surface area contributed by atoms with Crippen molar-refractivity contribution in [2.24, 2.45) is 0 Å². The molecule has 0 radical (unpaired) electrons. The maximum Gasteiger partial charge on any atom is 0.0912 e. The lowest BCUT2D eigenvalue weighted by atomic mass is 10.2. The van der Waals surface area contributed by atoms with E-state index in [2.05, 4.69) is 32.9 Å². The first-order valence-electron chi connectivity index (χ1n) is 6.93. The van der Waals surface area contributed by atoms with Crippen molar-refractivity contribution in [3.05, 3.63) is 117 Å². The molecule has 1 aromatic rings. The second-order valence-electron chi connectivity index (χ2n) is 3.53. The summed E-state index contributed by atoms with van der Waals surface area (Å²) in [7, 11) is 0. The number of hydrogen-bond donors (Lipinski definition) is 0. The Morgan fingerprint density at radius 3 is 1.50 bits per heavy atom. The normalized spacial score (nSPS) is 7.58. The Morgan fingerprint density at radius 2 is 1.17 bits per heavy atom. The van der Waals surface area contributed by atoms with Gasteiger partial charge in [-0.3, -0.25) is 0 Å². The molecular formula is C22H24N2. The van der Waals surface area contributed by atoms with Crippen molar-refractivity contribution in [3.8, 4) is 12.1 Å². The average Bonchev–Trinajstić information content (AvgIpc) is 2.66. The minimum Gasteiger partial charge on any atom is -0.193 e. The van der Waals surface area contributed by atoms with E-state index in [9.17, 15) is 0 Å². The summed E-state index contributed by atoms with van der Waals surface area (Å²) in [5.74, 6) is 0. The SMILES string of the molecule is C=CC#N.C=CC=C.C=CC=C.N#CC=CC=Cc1ccccc1. The first kappa shape index (κ1) is 25.3. The second kappa shape index (κ2) is 27.7. The molecule has 0 aliphatic heterocycles. The van der Waals surface area contributed by atoms with Gasteiger partial charge in [-0.05, 0) is 5.56 Å². The monoisotopic (exact) mass is 316 g/mol. The predicted molar refractivity (Wildman–Crippen MR) is 107 cm³/mol. The molecule has 0 saturated carbocycles. The highest BCUT2D eigenvalue weighted by Gasteiger charge is 1.78. The van der Waals surface area contributed by atoms with Crippen LogP contribution in [0, 0.1) is 22.7 Å². The van der Waals surface area contributed by atoms with E-state index in [0.717, 1.165) is 5.56 Å². The van der Waals surface area contributed by atoms with Crippen molar-refractivity contribution in [2.45, 2.75) is 0 Å². The van der Waals surface area contributed by atoms with Crippen LogP contribution >= 0.6 is 0 Å². The van der Waals surface area contributed by atoms with Gasteiger partial charge >= 0.3 is 0 Å². The van der Waals surface area contributed by atoms with Crippen molar-refractivity contribution < 1.29 is 0 Å². The van der Waals surface area contributed by atoms with Gasteiger partial charge in [0, 0.05) is 12.2 Å². The number of nitriles is 2. The first-order chi connectivity index (χ1) is 11.7. The second-order valence-corrected chi connectivity index (χ2v) is 3.53. The number of hydrogen-bond acceptors (Lipinski definition) is 2. The molecule has 1 rings (SSSR count). The lowest BCUT2D eigenvalue weighted by molar-refractivity contribution is 1.53. The zero-order valence-corrected chi connectivity index (χ0v) is 14.0. The molecule has 0 spiro atoms. The van der Waals surface area contributed by atoms with Crippen molar-refractivity contribution in [3.63, 3.8) is 0 Å². The molecule has 0 aliphatic carbocycles. The summed E-state index contributed by atoms with van der Waals surface area (Å²) in [6, 6.07) is 13.6. The molecular weight excluding hydrogens is 292 g/mol. The fraction of sp³-hybridized carbons (Fsp3) is 0. The highest BCUT2D eigenvalue weighted by atomic mass is 14.2. The van der Waals surface area contributed by atoms with Gasteiger partial charge in [0.05, 0.1) is 12.1 Å². The Labute approximate surface area is 146 Å². The molecule has 0 unspecified atom stereocenters. The fourth-order valence-electron chi connectivity index (χ4n) is 0.829. The van der Waals surface area contributed by atoms with Crippen LogP contribution in [0.2, 0.25) is 0 Å². The molecule has 122 valence electrons. The summed E-state index contributed by atoms with van der Waals surface area (Å²) < 4.78 is 0. The zero-order valence-electron chi connectivity index (χ0n) is 14.0. The molecule has 0 bridgehead atoms. The van der Waals surface area contributed by atoms with Gasteiger partial charge in [-0.15, -0.1) is 0 Å². The van der Waals surface area contributed by atoms with Gasteiger partial charge in [0.1, 0.15) is 0 Å². The number of rotatable bonds is 4. The van der Waals surface area contributed by atoms with E-state index < -0.39 is 0 Å². The van der Waals surface area contributed by atoms with Gasteiger partial charge in [-0.1, -0.05) is 106 Å². The predicted octanol–water partition coefficient (Wildman–Crippen LogP) is 6.19. The molecule has 2 heteroatoms. The quantitative estimate of drug-likeness (QED) is 0.491. The van der Waals surface area contributed by atoms with Crippen LogP contribution in [0.1, 0.15) is 5.56 Å². The Hall–Kier alpha value is -3.62. The number of benzene rings is 1. The Bertz CT molecular complexity index is 567. The summed E-state index contributed by atoms with van der Waals surface area (Å²) in [5.41, 5.74) is 1.14. The standard InChI is InChI=1S/C11H9N.2C4H6.C3H3N/c12-10-6-2-5-9-11-7-3-1-4-8-11;2*1-3-4-2;1-2-3-4/h1-9H;2*3-4H,1-2H2;2H,1H2. The molecule has 0 fully saturated rings. The highest BCUT2D eigenvalue weighted by molar-refractivity contribution is 5.50. The summed E-state index contributed by atoms with van der Waals surface area (Å²) >= 11 is 0. The van der Waals surface area contributed by atoms with E-state index in [4.69, 9.17) is 10.5 Å². The van der Waals surface area contributed by atoms with Crippen molar-refractivity contribution in [1.29, 1.82) is 10.5 Å². The van der Waals surface area contributed by atoms with Gasteiger partial charge < -0.3 is 0 Å². The van der Waals surface area contributed by atoms with Crippen molar-refractivity contribution in [2.75, 3.05) is 0 Å². The maximum atomic E-state index is 8.19. The third-order valence-electron chi connectivity index (χ3n) is 1.79. The molecule has 2 nitrogen and oxygen atoms in total. The Balaban J connectivity index is -0.000000304. The topological polar surface area (TPSA) is 47.6 Å². The number of nitrogens with zero attached hydrogens (tertiary/aromatic N) is 2. The van der Waals surface area contributed by atoms with Crippen LogP contribution < -0.4 is 0 Å². The van der Waals surface area contributed by atoms with Crippen LogP contribution in [-0.4, -0.2) is 0 Å². The zero-order chi connectivity index (χ0) is 18.9. The smallest absolute Gasteiger partial charge is 0.0912 e. The highest BCUT2D eigenvalue weighted by Crippen LogP contribution is 2.00. The number of allylic oxidation sites excluding steroid dienone is 8. The van der Waals surface area contributed by atoms with Gasteiger partial charge in [0.2, 0.25) is 0 Å². The minimum absolute atomic E-state index is 1.14. The lowest BCUT2D eigenvalue weighted by Gasteiger charge is -1.87. The van der Waals surface area contributed by atoms with Crippen LogP contribution in [0.25, 0.3) is 6.08 Å². The van der Waals surface area contributed by atoms with Crippen LogP contribution in [0.3, 0.4) is 0 Å². The van der Waals surface area contributed by atoms with Crippen molar-refractivity contribution in [1.82, 2.24) is 0 Å². The van der Waals surface area contributed by atoms with E-state index in [1.54, 1.807) is 36.4 Å². The van der Waals surface area contributed by atoms with Gasteiger partial charge in [0.25, 0.3) is 0 Å². The van der Waals surface area contributed by atoms with E-state index in [1.165, 1.54) is 12.2 Å². The fourth-order valence-corrected chi connectivity index (χ4v) is 0.829. The maximum absolute atomic E-state index is 8.19. The Kier molecular flexibility index (Phi) is 29.2. The summed E-state index contributed by atoms with van der Waals surface area (Å²) in [6.45, 7) is 16.6. The first-order valence-corrected chi connectivity index (χ1v) is 6.93. The van der Waals surface area contributed by atoms with E-state index >= 15 is 0 Å². The molecule has 0 aliphatic rings. The summed E-state index contributed by atoms with van der Waals surface area (Å²) in [5, 5.41) is 15.7. The molecule has 0 saturated heterocycles. The third kappa shape index (κ3) is 31.0. The largest absolute Gasteiger partial charge is 0.193 e. The molecule has 0 amide bonds. The lowest BCUT2D eigenvalue weighted by Crippen LogP contribution is -1.66. The Morgan fingerprint density at radius 1 is 0.708 bits per heavy atom. The summed E-state index contributed by atoms with van der Waals surface area (Å²) in [6.07, 6.45) is 14.7. The third-order valence-corrected chi connectivity index (χ3v) is 1.79. The molecule has 24 heavy (non-hydrogen) atoms.